The first kappa shape index (κ1) is 31.9. The van der Waals surface area contributed by atoms with E-state index in [4.69, 9.17) is 5.11 Å². The average Bonchev–Trinajstić information content (AvgIpc) is 3.39. The molecule has 2 heterocycles. The van der Waals surface area contributed by atoms with Crippen LogP contribution in [0.4, 0.5) is 17.1 Å². The minimum atomic E-state index is -0.807. The largest absolute Gasteiger partial charge is 0.481 e. The molecular weight excluding hydrogens is 556 g/mol. The van der Waals surface area contributed by atoms with E-state index in [1.807, 2.05) is 47.0 Å². The molecule has 45 heavy (non-hydrogen) atoms. The van der Waals surface area contributed by atoms with E-state index in [0.717, 1.165) is 41.0 Å². The van der Waals surface area contributed by atoms with Crippen molar-refractivity contribution in [2.24, 2.45) is 11.8 Å². The van der Waals surface area contributed by atoms with E-state index in [-0.39, 0.29) is 12.2 Å². The van der Waals surface area contributed by atoms with Gasteiger partial charge >= 0.3 is 5.97 Å². The van der Waals surface area contributed by atoms with Gasteiger partial charge in [-0.15, -0.1) is 0 Å². The van der Waals surface area contributed by atoms with Crippen molar-refractivity contribution in [3.63, 3.8) is 0 Å². The second kappa shape index (κ2) is 13.7. The number of rotatable bonds is 13. The summed E-state index contributed by atoms with van der Waals surface area (Å²) in [6.45, 7) is 8.97. The quantitative estimate of drug-likeness (QED) is 0.108. The second-order valence-corrected chi connectivity index (χ2v) is 13.2. The van der Waals surface area contributed by atoms with E-state index in [2.05, 4.69) is 95.4 Å². The highest BCUT2D eigenvalue weighted by atomic mass is 16.4. The van der Waals surface area contributed by atoms with Crippen molar-refractivity contribution in [2.45, 2.75) is 59.8 Å². The van der Waals surface area contributed by atoms with Gasteiger partial charge in [-0.3, -0.25) is 9.59 Å². The lowest BCUT2D eigenvalue weighted by Crippen LogP contribution is -2.33. The van der Waals surface area contributed by atoms with Gasteiger partial charge in [-0.25, -0.2) is 4.48 Å². The first-order valence-corrected chi connectivity index (χ1v) is 16.1. The highest BCUT2D eigenvalue weighted by Gasteiger charge is 2.32. The lowest BCUT2D eigenvalue weighted by molar-refractivity contribution is -0.137. The average molecular weight is 602 g/mol. The van der Waals surface area contributed by atoms with Crippen LogP contribution in [0.1, 0.15) is 73.3 Å². The van der Waals surface area contributed by atoms with E-state index >= 15 is 0 Å². The molecule has 0 unspecified atom stereocenters. The topological polar surface area (TPSA) is 58.8 Å². The zero-order valence-electron chi connectivity index (χ0n) is 27.2. The molecule has 1 N–H and O–H groups in total. The number of fused-ring (bicyclic) bond motifs is 1. The molecule has 0 fully saturated rings. The number of aliphatic carboxylic acids is 1. The molecule has 5 nitrogen and oxygen atoms in total. The Morgan fingerprint density at radius 2 is 1.24 bits per heavy atom. The maximum atomic E-state index is 13.9. The van der Waals surface area contributed by atoms with Crippen molar-refractivity contribution in [3.8, 4) is 0 Å². The number of hydrogen-bond acceptors (Lipinski definition) is 2. The fraction of sp³-hybridized carbons (Fsp3) is 0.300. The minimum absolute atomic E-state index is 0.0579. The van der Waals surface area contributed by atoms with Crippen LogP contribution in [0.3, 0.4) is 0 Å². The standard InChI is InChI=1S/C40H44N2O3/c1-28(2)25-30-12-18-34(19-13-30)42(5,35-20-14-31(15-21-35)26-29(3)4)36-22-16-32(17-23-36)40(45)38-27-33(9-8-11-39(43)44)37-10-6-7-24-41(37)38/h6-7,10,12-24,27-29H,8-9,11,25-26H2,1-5H3/p+1. The molecule has 3 aromatic carbocycles. The van der Waals surface area contributed by atoms with Gasteiger partial charge in [0.2, 0.25) is 5.78 Å². The summed E-state index contributed by atoms with van der Waals surface area (Å²) in [5.41, 5.74) is 9.16. The molecule has 0 saturated heterocycles. The number of ketones is 1. The molecule has 0 aliphatic carbocycles. The van der Waals surface area contributed by atoms with Crippen LogP contribution in [0.25, 0.3) is 5.52 Å². The predicted octanol–water partition coefficient (Wildman–Crippen LogP) is 9.58. The van der Waals surface area contributed by atoms with Gasteiger partial charge < -0.3 is 9.51 Å². The van der Waals surface area contributed by atoms with E-state index < -0.39 is 5.97 Å². The Balaban J connectivity index is 1.50. The lowest BCUT2D eigenvalue weighted by Gasteiger charge is -2.33. The molecule has 0 amide bonds. The molecule has 0 aliphatic heterocycles. The van der Waals surface area contributed by atoms with Gasteiger partial charge in [0.1, 0.15) is 17.1 Å². The number of aryl methyl sites for hydroxylation is 1. The molecule has 5 aromatic rings. The Kier molecular flexibility index (Phi) is 9.69. The van der Waals surface area contributed by atoms with Gasteiger partial charge in [-0.1, -0.05) is 58.0 Å². The number of pyridine rings is 1. The van der Waals surface area contributed by atoms with Crippen LogP contribution in [0.5, 0.6) is 0 Å². The van der Waals surface area contributed by atoms with Crippen molar-refractivity contribution < 1.29 is 14.7 Å². The fourth-order valence-corrected chi connectivity index (χ4v) is 6.34. The summed E-state index contributed by atoms with van der Waals surface area (Å²) in [6, 6.07) is 33.7. The Morgan fingerprint density at radius 1 is 0.733 bits per heavy atom. The third kappa shape index (κ3) is 7.10. The van der Waals surface area contributed by atoms with Crippen molar-refractivity contribution in [3.05, 3.63) is 131 Å². The van der Waals surface area contributed by atoms with Gasteiger partial charge in [0, 0.05) is 60.1 Å². The maximum absolute atomic E-state index is 13.9. The number of carbonyl (C=O) groups excluding carboxylic acids is 1. The van der Waals surface area contributed by atoms with E-state index in [1.54, 1.807) is 0 Å². The Morgan fingerprint density at radius 3 is 1.73 bits per heavy atom. The number of benzene rings is 3. The van der Waals surface area contributed by atoms with Gasteiger partial charge in [0.05, 0.1) is 12.7 Å². The molecular formula is C40H45N2O3+. The lowest BCUT2D eigenvalue weighted by atomic mass is 10.00. The maximum Gasteiger partial charge on any atom is 0.303 e. The van der Waals surface area contributed by atoms with E-state index in [9.17, 15) is 9.59 Å². The SMILES string of the molecule is CC(C)Cc1ccc([N+](C)(c2ccc(CC(C)C)cc2)c2ccc(C(=O)c3cc(CCCC(=O)O)c4ccccn34)cc2)cc1. The summed E-state index contributed by atoms with van der Waals surface area (Å²) in [5, 5.41) is 9.10. The van der Waals surface area contributed by atoms with Crippen molar-refractivity contribution in [2.75, 3.05) is 7.05 Å². The summed E-state index contributed by atoms with van der Waals surface area (Å²) in [5.74, 6) is 0.318. The van der Waals surface area contributed by atoms with Gasteiger partial charge in [0.15, 0.2) is 0 Å². The fourth-order valence-electron chi connectivity index (χ4n) is 6.34. The molecule has 0 bridgehead atoms. The summed E-state index contributed by atoms with van der Waals surface area (Å²) >= 11 is 0. The number of carboxylic acids is 1. The molecule has 5 rings (SSSR count). The van der Waals surface area contributed by atoms with Crippen molar-refractivity contribution in [1.82, 2.24) is 8.88 Å². The third-order valence-electron chi connectivity index (χ3n) is 8.67. The van der Waals surface area contributed by atoms with Crippen LogP contribution in [-0.4, -0.2) is 28.3 Å². The number of quaternary nitrogens is 1. The van der Waals surface area contributed by atoms with Crippen LogP contribution in [0, 0.1) is 11.8 Å². The number of nitrogens with zero attached hydrogens (tertiary/aromatic N) is 2. The number of hydrogen-bond donors (Lipinski definition) is 1. The first-order chi connectivity index (χ1) is 21.6. The van der Waals surface area contributed by atoms with Crippen LogP contribution >= 0.6 is 0 Å². The van der Waals surface area contributed by atoms with Crippen molar-refractivity contribution >= 4 is 34.3 Å². The Hall–Kier alpha value is -4.48. The van der Waals surface area contributed by atoms with Crippen LogP contribution < -0.4 is 4.48 Å². The van der Waals surface area contributed by atoms with Gasteiger partial charge in [0.25, 0.3) is 0 Å². The molecule has 5 heteroatoms. The zero-order chi connectivity index (χ0) is 32.1. The van der Waals surface area contributed by atoms with Crippen LogP contribution in [0.2, 0.25) is 0 Å². The van der Waals surface area contributed by atoms with Crippen LogP contribution in [-0.2, 0) is 24.1 Å². The predicted molar refractivity (Wildman–Crippen MR) is 185 cm³/mol. The monoisotopic (exact) mass is 601 g/mol. The van der Waals surface area contributed by atoms with Crippen LogP contribution in [0.15, 0.2) is 103 Å². The number of carboxylic acid groups (broad SMARTS) is 1. The van der Waals surface area contributed by atoms with Gasteiger partial charge in [-0.05, 0) is 84.5 Å². The molecule has 0 aliphatic rings. The molecule has 2 aromatic heterocycles. The molecule has 232 valence electrons. The Bertz CT molecular complexity index is 1710. The normalized spacial score (nSPS) is 11.9. The molecule has 0 saturated carbocycles. The highest BCUT2D eigenvalue weighted by Crippen LogP contribution is 2.42. The van der Waals surface area contributed by atoms with E-state index in [0.29, 0.717) is 40.4 Å². The third-order valence-corrected chi connectivity index (χ3v) is 8.67. The van der Waals surface area contributed by atoms with E-state index in [1.165, 1.54) is 11.1 Å². The number of carbonyl (C=O) groups is 2. The van der Waals surface area contributed by atoms with Crippen molar-refractivity contribution in [1.29, 1.82) is 0 Å². The minimum Gasteiger partial charge on any atom is -0.481 e. The zero-order valence-corrected chi connectivity index (χ0v) is 27.2. The smallest absolute Gasteiger partial charge is 0.303 e. The second-order valence-electron chi connectivity index (χ2n) is 13.2. The molecule has 0 atom stereocenters. The summed E-state index contributed by atoms with van der Waals surface area (Å²) in [7, 11) is 2.22. The highest BCUT2D eigenvalue weighted by molar-refractivity contribution is 6.09. The number of aromatic nitrogens is 1. The summed E-state index contributed by atoms with van der Waals surface area (Å²) in [6.07, 6.45) is 5.22. The molecule has 0 radical (unpaired) electrons. The Labute approximate surface area is 267 Å². The molecule has 0 spiro atoms. The van der Waals surface area contributed by atoms with Gasteiger partial charge in [-0.2, -0.15) is 0 Å². The summed E-state index contributed by atoms with van der Waals surface area (Å²) in [4.78, 5) is 25.0. The summed E-state index contributed by atoms with van der Waals surface area (Å²) < 4.78 is 2.39. The first-order valence-electron chi connectivity index (χ1n) is 16.1.